The number of rotatable bonds is 9. The predicted octanol–water partition coefficient (Wildman–Crippen LogP) is 0.401. The first-order chi connectivity index (χ1) is 12.4. The van der Waals surface area contributed by atoms with Gasteiger partial charge in [-0.1, -0.05) is 0 Å². The third-order valence-corrected chi connectivity index (χ3v) is 2.89. The van der Waals surface area contributed by atoms with Crippen molar-refractivity contribution < 1.29 is 38.1 Å². The number of nitrogens with zero attached hydrogens (tertiary/aromatic N) is 1. The molecule has 140 valence electrons. The monoisotopic (exact) mass is 365 g/mol. The summed E-state index contributed by atoms with van der Waals surface area (Å²) in [6.07, 6.45) is 6.31. The summed E-state index contributed by atoms with van der Waals surface area (Å²) in [5.41, 5.74) is 0. The molecule has 26 heavy (non-hydrogen) atoms. The molecule has 0 aliphatic carbocycles. The lowest BCUT2D eigenvalue weighted by Crippen LogP contribution is -2.28. The number of esters is 4. The number of ether oxygens (including phenoxy) is 4. The molecule has 0 aromatic carbocycles. The van der Waals surface area contributed by atoms with E-state index in [1.54, 1.807) is 29.1 Å². The van der Waals surface area contributed by atoms with Gasteiger partial charge in [0.1, 0.15) is 6.61 Å². The summed E-state index contributed by atoms with van der Waals surface area (Å²) >= 11 is 0. The van der Waals surface area contributed by atoms with Gasteiger partial charge in [0.25, 0.3) is 0 Å². The van der Waals surface area contributed by atoms with Crippen LogP contribution in [-0.2, 0) is 44.7 Å². The van der Waals surface area contributed by atoms with E-state index in [4.69, 9.17) is 9.47 Å². The predicted molar refractivity (Wildman–Crippen MR) is 87.6 cm³/mol. The maximum absolute atomic E-state index is 11.8. The van der Waals surface area contributed by atoms with Crippen LogP contribution in [0.4, 0.5) is 0 Å². The molecule has 1 aromatic heterocycles. The van der Waals surface area contributed by atoms with Crippen molar-refractivity contribution in [1.82, 2.24) is 4.57 Å². The number of methoxy groups -OCH3 is 2. The average molecular weight is 365 g/mol. The standard InChI is InChI=1S/C17H19NO8/c1-23-14(19)5-7-16(21)25-12-13(11-18-9-3-4-10-18)26-17(22)8-6-15(20)24-2/h3-10,13H,11-12H2,1-2H3/b7-5+,8-6+. The largest absolute Gasteiger partial charge is 0.466 e. The van der Waals surface area contributed by atoms with Gasteiger partial charge in [-0.3, -0.25) is 0 Å². The zero-order valence-corrected chi connectivity index (χ0v) is 14.3. The van der Waals surface area contributed by atoms with Gasteiger partial charge in [-0.2, -0.15) is 0 Å². The van der Waals surface area contributed by atoms with E-state index in [9.17, 15) is 19.2 Å². The molecule has 1 unspecified atom stereocenters. The Morgan fingerprint density at radius 1 is 0.846 bits per heavy atom. The second-order valence-corrected chi connectivity index (χ2v) is 4.78. The van der Waals surface area contributed by atoms with Gasteiger partial charge < -0.3 is 23.5 Å². The maximum atomic E-state index is 11.8. The molecule has 0 N–H and O–H groups in total. The second kappa shape index (κ2) is 11.2. The van der Waals surface area contributed by atoms with Gasteiger partial charge in [-0.15, -0.1) is 0 Å². The topological polar surface area (TPSA) is 110 Å². The smallest absolute Gasteiger partial charge is 0.331 e. The molecular weight excluding hydrogens is 346 g/mol. The molecule has 0 bridgehead atoms. The van der Waals surface area contributed by atoms with Gasteiger partial charge >= 0.3 is 23.9 Å². The molecule has 0 saturated heterocycles. The van der Waals surface area contributed by atoms with Crippen molar-refractivity contribution in [3.63, 3.8) is 0 Å². The third kappa shape index (κ3) is 8.48. The highest BCUT2D eigenvalue weighted by molar-refractivity contribution is 5.92. The van der Waals surface area contributed by atoms with E-state index in [2.05, 4.69) is 9.47 Å². The van der Waals surface area contributed by atoms with Crippen LogP contribution in [0.1, 0.15) is 0 Å². The molecule has 1 heterocycles. The Bertz CT molecular complexity index is 675. The van der Waals surface area contributed by atoms with E-state index in [1.165, 1.54) is 14.2 Å². The first-order valence-electron chi connectivity index (χ1n) is 7.44. The summed E-state index contributed by atoms with van der Waals surface area (Å²) in [5, 5.41) is 0. The van der Waals surface area contributed by atoms with Crippen molar-refractivity contribution >= 4 is 23.9 Å². The summed E-state index contributed by atoms with van der Waals surface area (Å²) in [5.74, 6) is -3.00. The summed E-state index contributed by atoms with van der Waals surface area (Å²) in [7, 11) is 2.35. The molecule has 0 aliphatic rings. The summed E-state index contributed by atoms with van der Waals surface area (Å²) < 4.78 is 20.6. The Balaban J connectivity index is 2.64. The zero-order chi connectivity index (χ0) is 19.4. The minimum absolute atomic E-state index is 0.221. The highest BCUT2D eigenvalue weighted by atomic mass is 16.6. The van der Waals surface area contributed by atoms with Crippen molar-refractivity contribution in [1.29, 1.82) is 0 Å². The number of aromatic nitrogens is 1. The van der Waals surface area contributed by atoms with E-state index in [-0.39, 0.29) is 13.2 Å². The molecule has 0 saturated carbocycles. The summed E-state index contributed by atoms with van der Waals surface area (Å²) in [4.78, 5) is 45.2. The van der Waals surface area contributed by atoms with Crippen molar-refractivity contribution in [2.45, 2.75) is 12.6 Å². The molecule has 0 radical (unpaired) electrons. The number of hydrogen-bond acceptors (Lipinski definition) is 8. The van der Waals surface area contributed by atoms with Crippen LogP contribution in [0.3, 0.4) is 0 Å². The first-order valence-corrected chi connectivity index (χ1v) is 7.44. The van der Waals surface area contributed by atoms with Crippen molar-refractivity contribution in [3.8, 4) is 0 Å². The van der Waals surface area contributed by atoms with E-state index >= 15 is 0 Å². The lowest BCUT2D eigenvalue weighted by Gasteiger charge is -2.17. The molecule has 1 rings (SSSR count). The lowest BCUT2D eigenvalue weighted by atomic mass is 10.3. The van der Waals surface area contributed by atoms with Crippen LogP contribution in [0, 0.1) is 0 Å². The van der Waals surface area contributed by atoms with Crippen LogP contribution < -0.4 is 0 Å². The fraction of sp³-hybridized carbons (Fsp3) is 0.294. The minimum Gasteiger partial charge on any atom is -0.466 e. The lowest BCUT2D eigenvalue weighted by molar-refractivity contribution is -0.153. The van der Waals surface area contributed by atoms with Crippen molar-refractivity contribution in [2.24, 2.45) is 0 Å². The fourth-order valence-electron chi connectivity index (χ4n) is 1.69. The van der Waals surface area contributed by atoms with Crippen LogP contribution in [0.5, 0.6) is 0 Å². The molecule has 0 amide bonds. The van der Waals surface area contributed by atoms with Gasteiger partial charge in [-0.05, 0) is 12.1 Å². The Labute approximate surface area is 149 Å². The van der Waals surface area contributed by atoms with E-state index in [0.717, 1.165) is 24.3 Å². The summed E-state index contributed by atoms with van der Waals surface area (Å²) in [6, 6.07) is 3.56. The molecule has 9 nitrogen and oxygen atoms in total. The number of hydrogen-bond donors (Lipinski definition) is 0. The van der Waals surface area contributed by atoms with Crippen molar-refractivity contribution in [3.05, 3.63) is 48.8 Å². The van der Waals surface area contributed by atoms with Crippen LogP contribution in [0.25, 0.3) is 0 Å². The van der Waals surface area contributed by atoms with Crippen LogP contribution in [0.15, 0.2) is 48.8 Å². The van der Waals surface area contributed by atoms with Gasteiger partial charge in [-0.25, -0.2) is 19.2 Å². The van der Waals surface area contributed by atoms with Gasteiger partial charge in [0.05, 0.1) is 20.8 Å². The van der Waals surface area contributed by atoms with E-state index < -0.39 is 30.0 Å². The molecule has 0 spiro atoms. The maximum Gasteiger partial charge on any atom is 0.331 e. The van der Waals surface area contributed by atoms with E-state index in [0.29, 0.717) is 0 Å². The van der Waals surface area contributed by atoms with Crippen LogP contribution in [0.2, 0.25) is 0 Å². The van der Waals surface area contributed by atoms with Crippen LogP contribution in [-0.4, -0.2) is 55.4 Å². The van der Waals surface area contributed by atoms with E-state index in [1.807, 2.05) is 0 Å². The van der Waals surface area contributed by atoms with Gasteiger partial charge in [0, 0.05) is 36.7 Å². The number of carbonyl (C=O) groups excluding carboxylic acids is 4. The Morgan fingerprint density at radius 2 is 1.35 bits per heavy atom. The molecule has 0 aliphatic heterocycles. The van der Waals surface area contributed by atoms with Crippen molar-refractivity contribution in [2.75, 3.05) is 20.8 Å². The Kier molecular flexibility index (Phi) is 8.94. The Morgan fingerprint density at radius 3 is 1.88 bits per heavy atom. The SMILES string of the molecule is COC(=O)/C=C/C(=O)OCC(Cn1cccc1)OC(=O)/C=C/C(=O)OC. The third-order valence-electron chi connectivity index (χ3n) is 2.89. The van der Waals surface area contributed by atoms with Gasteiger partial charge in [0.2, 0.25) is 0 Å². The molecule has 1 aromatic rings. The highest BCUT2D eigenvalue weighted by Crippen LogP contribution is 2.03. The minimum atomic E-state index is -0.812. The molecule has 1 atom stereocenters. The fourth-order valence-corrected chi connectivity index (χ4v) is 1.69. The second-order valence-electron chi connectivity index (χ2n) is 4.78. The zero-order valence-electron chi connectivity index (χ0n) is 14.3. The number of carbonyl (C=O) groups is 4. The Hall–Kier alpha value is -3.36. The van der Waals surface area contributed by atoms with Gasteiger partial charge in [0.15, 0.2) is 6.10 Å². The first kappa shape index (κ1) is 20.7. The molecule has 0 fully saturated rings. The average Bonchev–Trinajstić information content (AvgIpc) is 3.14. The highest BCUT2D eigenvalue weighted by Gasteiger charge is 2.16. The molecular formula is C17H19NO8. The molecule has 9 heteroatoms. The normalized spacial score (nSPS) is 11.9. The van der Waals surface area contributed by atoms with Crippen LogP contribution >= 0.6 is 0 Å². The quantitative estimate of drug-likeness (QED) is 0.351. The summed E-state index contributed by atoms with van der Waals surface area (Å²) in [6.45, 7) is -0.0286.